The number of nitrogens with one attached hydrogen (secondary N) is 2. The van der Waals surface area contributed by atoms with Crippen molar-refractivity contribution in [3.8, 4) is 11.5 Å². The molecule has 0 fully saturated rings. The van der Waals surface area contributed by atoms with Crippen molar-refractivity contribution in [3.63, 3.8) is 0 Å². The number of rotatable bonds is 7. The summed E-state index contributed by atoms with van der Waals surface area (Å²) in [6.45, 7) is 0. The van der Waals surface area contributed by atoms with Crippen molar-refractivity contribution < 1.29 is 32.2 Å². The highest BCUT2D eigenvalue weighted by molar-refractivity contribution is 7.92. The van der Waals surface area contributed by atoms with Gasteiger partial charge in [0, 0.05) is 17.8 Å². The van der Waals surface area contributed by atoms with Crippen molar-refractivity contribution in [2.45, 2.75) is 0 Å². The molecule has 0 aliphatic rings. The van der Waals surface area contributed by atoms with Crippen molar-refractivity contribution in [2.24, 2.45) is 0 Å². The van der Waals surface area contributed by atoms with Gasteiger partial charge < -0.3 is 19.5 Å². The third-order valence-corrected chi connectivity index (χ3v) is 4.61. The van der Waals surface area contributed by atoms with E-state index in [9.17, 15) is 18.0 Å². The lowest BCUT2D eigenvalue weighted by Crippen LogP contribution is -2.16. The Hall–Kier alpha value is -2.98. The van der Waals surface area contributed by atoms with Crippen LogP contribution in [-0.2, 0) is 14.8 Å². The van der Waals surface area contributed by atoms with Crippen LogP contribution >= 0.6 is 11.6 Å². The van der Waals surface area contributed by atoms with Crippen LogP contribution in [0.4, 0.5) is 11.4 Å². The lowest BCUT2D eigenvalue weighted by Gasteiger charge is -2.15. The Morgan fingerprint density at radius 1 is 0.966 bits per heavy atom. The van der Waals surface area contributed by atoms with Crippen LogP contribution in [0.3, 0.4) is 0 Å². The second-order valence-electron chi connectivity index (χ2n) is 5.77. The summed E-state index contributed by atoms with van der Waals surface area (Å²) in [4.78, 5) is 24.8. The summed E-state index contributed by atoms with van der Waals surface area (Å²) in [6, 6.07) is 6.83. The third kappa shape index (κ3) is 5.52. The zero-order valence-electron chi connectivity index (χ0n) is 16.0. The van der Waals surface area contributed by atoms with Gasteiger partial charge in [-0.3, -0.25) is 9.52 Å². The molecular formula is C18H19ClN2O7S. The highest BCUT2D eigenvalue weighted by Gasteiger charge is 2.21. The number of methoxy groups -OCH3 is 3. The number of sulfonamides is 1. The first-order valence-corrected chi connectivity index (χ1v) is 10.3. The maximum Gasteiger partial charge on any atom is 0.340 e. The number of carbonyl (C=O) groups is 2. The van der Waals surface area contributed by atoms with Crippen LogP contribution in [0.2, 0.25) is 5.02 Å². The third-order valence-electron chi connectivity index (χ3n) is 3.69. The van der Waals surface area contributed by atoms with E-state index in [4.69, 9.17) is 25.8 Å². The normalized spacial score (nSPS) is 10.8. The predicted octanol–water partition coefficient (Wildman–Crippen LogP) is 2.77. The van der Waals surface area contributed by atoms with Gasteiger partial charge in [0.2, 0.25) is 10.0 Å². The minimum absolute atomic E-state index is 0.0104. The molecule has 9 nitrogen and oxygen atoms in total. The van der Waals surface area contributed by atoms with Gasteiger partial charge in [0.25, 0.3) is 5.91 Å². The highest BCUT2D eigenvalue weighted by Crippen LogP contribution is 2.34. The Morgan fingerprint density at radius 3 is 2.10 bits per heavy atom. The molecule has 0 spiro atoms. The lowest BCUT2D eigenvalue weighted by atomic mass is 10.1. The maximum atomic E-state index is 12.7. The van der Waals surface area contributed by atoms with Crippen LogP contribution in [0.25, 0.3) is 0 Å². The van der Waals surface area contributed by atoms with E-state index in [0.717, 1.165) is 6.26 Å². The Kier molecular flexibility index (Phi) is 6.93. The van der Waals surface area contributed by atoms with Gasteiger partial charge in [-0.05, 0) is 18.2 Å². The van der Waals surface area contributed by atoms with E-state index in [1.807, 2.05) is 0 Å². The van der Waals surface area contributed by atoms with Crippen molar-refractivity contribution in [1.82, 2.24) is 0 Å². The summed E-state index contributed by atoms with van der Waals surface area (Å²) in [7, 11) is 0.523. The van der Waals surface area contributed by atoms with E-state index in [1.165, 1.54) is 51.7 Å². The second-order valence-corrected chi connectivity index (χ2v) is 7.92. The topological polar surface area (TPSA) is 120 Å². The number of benzene rings is 2. The fourth-order valence-electron chi connectivity index (χ4n) is 2.43. The number of esters is 1. The molecule has 0 saturated heterocycles. The smallest absolute Gasteiger partial charge is 0.340 e. The monoisotopic (exact) mass is 442 g/mol. The van der Waals surface area contributed by atoms with E-state index >= 15 is 0 Å². The fourth-order valence-corrected chi connectivity index (χ4v) is 3.25. The Balaban J connectivity index is 2.40. The average Bonchev–Trinajstić information content (AvgIpc) is 2.65. The van der Waals surface area contributed by atoms with Crippen LogP contribution in [0.1, 0.15) is 20.7 Å². The minimum atomic E-state index is -3.49. The minimum Gasteiger partial charge on any atom is -0.493 e. The van der Waals surface area contributed by atoms with Crippen molar-refractivity contribution >= 4 is 44.9 Å². The first kappa shape index (κ1) is 22.3. The molecule has 1 amide bonds. The number of anilines is 2. The van der Waals surface area contributed by atoms with Gasteiger partial charge in [-0.1, -0.05) is 11.6 Å². The van der Waals surface area contributed by atoms with Crippen LogP contribution in [-0.4, -0.2) is 47.9 Å². The molecule has 0 aromatic heterocycles. The summed E-state index contributed by atoms with van der Waals surface area (Å²) < 4.78 is 40.0. The number of carbonyl (C=O) groups excluding carboxylic acids is 2. The molecule has 0 bridgehead atoms. The second kappa shape index (κ2) is 9.01. The van der Waals surface area contributed by atoms with Gasteiger partial charge in [0.15, 0.2) is 11.5 Å². The molecule has 2 aromatic rings. The van der Waals surface area contributed by atoms with Gasteiger partial charge in [-0.2, -0.15) is 0 Å². The number of amides is 1. The number of hydrogen-bond donors (Lipinski definition) is 2. The average molecular weight is 443 g/mol. The van der Waals surface area contributed by atoms with Crippen LogP contribution in [0, 0.1) is 0 Å². The molecule has 0 saturated carbocycles. The Bertz CT molecular complexity index is 1050. The highest BCUT2D eigenvalue weighted by atomic mass is 35.5. The summed E-state index contributed by atoms with van der Waals surface area (Å²) in [6.07, 6.45) is 0.993. The molecule has 0 aliphatic carbocycles. The molecule has 0 heterocycles. The summed E-state index contributed by atoms with van der Waals surface area (Å²) in [5.74, 6) is -0.757. The van der Waals surface area contributed by atoms with Gasteiger partial charge in [-0.15, -0.1) is 0 Å². The lowest BCUT2D eigenvalue weighted by molar-refractivity contribution is 0.0601. The predicted molar refractivity (Wildman–Crippen MR) is 109 cm³/mol. The first-order valence-electron chi connectivity index (χ1n) is 8.02. The van der Waals surface area contributed by atoms with Gasteiger partial charge in [0.05, 0.1) is 49.4 Å². The SMILES string of the molecule is COC(=O)c1cc(OC)c(OC)cc1NC(=O)c1ccc(NS(C)(=O)=O)cc1Cl. The van der Waals surface area contributed by atoms with Gasteiger partial charge in [-0.25, -0.2) is 13.2 Å². The molecule has 2 N–H and O–H groups in total. The van der Waals surface area contributed by atoms with Crippen LogP contribution < -0.4 is 19.5 Å². The Morgan fingerprint density at radius 2 is 1.59 bits per heavy atom. The van der Waals surface area contributed by atoms with Crippen LogP contribution in [0.5, 0.6) is 11.5 Å². The zero-order chi connectivity index (χ0) is 21.8. The molecular weight excluding hydrogens is 424 g/mol. The molecule has 2 rings (SSSR count). The van der Waals surface area contributed by atoms with E-state index in [2.05, 4.69) is 10.0 Å². The summed E-state index contributed by atoms with van der Waals surface area (Å²) >= 11 is 6.12. The molecule has 29 heavy (non-hydrogen) atoms. The molecule has 0 radical (unpaired) electrons. The quantitative estimate of drug-likeness (QED) is 0.632. The maximum absolute atomic E-state index is 12.7. The molecule has 0 atom stereocenters. The Labute approximate surface area is 173 Å². The van der Waals surface area contributed by atoms with Crippen molar-refractivity contribution in [1.29, 1.82) is 0 Å². The zero-order valence-corrected chi connectivity index (χ0v) is 17.6. The molecule has 156 valence electrons. The van der Waals surface area contributed by atoms with Gasteiger partial charge >= 0.3 is 5.97 Å². The van der Waals surface area contributed by atoms with E-state index < -0.39 is 21.9 Å². The van der Waals surface area contributed by atoms with E-state index in [-0.39, 0.29) is 39.0 Å². The van der Waals surface area contributed by atoms with E-state index in [1.54, 1.807) is 0 Å². The van der Waals surface area contributed by atoms with Crippen molar-refractivity contribution in [3.05, 3.63) is 46.5 Å². The molecule has 0 aliphatic heterocycles. The first-order chi connectivity index (χ1) is 13.6. The number of halogens is 1. The standard InChI is InChI=1S/C18H19ClN2O7S/c1-26-15-8-12(18(23)28-3)14(9-16(15)27-2)20-17(22)11-6-5-10(7-13(11)19)21-29(4,24)25/h5-9,21H,1-4H3,(H,20,22). The molecule has 0 unspecified atom stereocenters. The fraction of sp³-hybridized carbons (Fsp3) is 0.222. The summed E-state index contributed by atoms with van der Waals surface area (Å²) in [5.41, 5.74) is 0.436. The largest absolute Gasteiger partial charge is 0.493 e. The number of hydrogen-bond acceptors (Lipinski definition) is 7. The molecule has 11 heteroatoms. The van der Waals surface area contributed by atoms with E-state index in [0.29, 0.717) is 0 Å². The number of ether oxygens (including phenoxy) is 3. The molecule has 2 aromatic carbocycles. The van der Waals surface area contributed by atoms with Crippen molar-refractivity contribution in [2.75, 3.05) is 37.6 Å². The van der Waals surface area contributed by atoms with Gasteiger partial charge in [0.1, 0.15) is 0 Å². The summed E-state index contributed by atoms with van der Waals surface area (Å²) in [5, 5.41) is 2.59. The van der Waals surface area contributed by atoms with Crippen LogP contribution in [0.15, 0.2) is 30.3 Å².